The largest absolute Gasteiger partial charge is 0.479 e. The minimum atomic E-state index is -4.58. The van der Waals surface area contributed by atoms with Gasteiger partial charge in [0.05, 0.1) is 24.7 Å². The van der Waals surface area contributed by atoms with Gasteiger partial charge >= 0.3 is 6.18 Å². The topological polar surface area (TPSA) is 70.7 Å². The van der Waals surface area contributed by atoms with Crippen LogP contribution in [0.15, 0.2) is 42.9 Å². The van der Waals surface area contributed by atoms with Crippen molar-refractivity contribution in [3.05, 3.63) is 82.8 Å². The van der Waals surface area contributed by atoms with E-state index >= 15 is 0 Å². The van der Waals surface area contributed by atoms with Crippen molar-refractivity contribution < 1.29 is 22.3 Å². The molecule has 188 valence electrons. The number of aryl methyl sites for hydroxylation is 4. The molecule has 0 saturated heterocycles. The Balaban J connectivity index is 1.38. The fourth-order valence-electron chi connectivity index (χ4n) is 4.63. The number of methoxy groups -OCH3 is 1. The second-order valence-corrected chi connectivity index (χ2v) is 8.79. The standard InChI is InChI=1S/C25H24F4N6O/c1-15-13-34(14-30-15)21-9-6-17(31-24(21)36-2)7-10-22-32-23-18(4-3-11-35(23)33-22)19-12-16(26)5-8-20(19)25(27,28)29/h5-6,8-9,12-14,18H,3-4,7,10-11H2,1-2H3/t18-/m0/s1. The van der Waals surface area contributed by atoms with Gasteiger partial charge in [-0.2, -0.15) is 18.3 Å². The fraction of sp³-hybridized carbons (Fsp3) is 0.360. The number of imidazole rings is 1. The van der Waals surface area contributed by atoms with Crippen molar-refractivity contribution in [2.24, 2.45) is 0 Å². The van der Waals surface area contributed by atoms with E-state index in [2.05, 4.69) is 20.1 Å². The lowest BCUT2D eigenvalue weighted by molar-refractivity contribution is -0.138. The third-order valence-corrected chi connectivity index (χ3v) is 6.30. The Bertz CT molecular complexity index is 1390. The van der Waals surface area contributed by atoms with Crippen molar-refractivity contribution in [1.29, 1.82) is 0 Å². The Morgan fingerprint density at radius 2 is 1.94 bits per heavy atom. The zero-order valence-corrected chi connectivity index (χ0v) is 19.8. The Labute approximate surface area is 204 Å². The lowest BCUT2D eigenvalue weighted by Crippen LogP contribution is -2.21. The molecule has 0 N–H and O–H groups in total. The zero-order valence-electron chi connectivity index (χ0n) is 19.8. The fourth-order valence-corrected chi connectivity index (χ4v) is 4.63. The number of benzene rings is 1. The molecule has 0 bridgehead atoms. The van der Waals surface area contributed by atoms with Crippen molar-refractivity contribution in [3.8, 4) is 11.6 Å². The van der Waals surface area contributed by atoms with Crippen LogP contribution in [-0.4, -0.2) is 36.4 Å². The summed E-state index contributed by atoms with van der Waals surface area (Å²) in [5.41, 5.74) is 1.46. The first kappa shape index (κ1) is 24.0. The Morgan fingerprint density at radius 1 is 1.11 bits per heavy atom. The minimum Gasteiger partial charge on any atom is -0.479 e. The molecule has 0 spiro atoms. The molecular weight excluding hydrogens is 476 g/mol. The third kappa shape index (κ3) is 4.69. The highest BCUT2D eigenvalue weighted by Gasteiger charge is 2.38. The van der Waals surface area contributed by atoms with Crippen LogP contribution in [0.4, 0.5) is 17.6 Å². The van der Waals surface area contributed by atoms with Crippen molar-refractivity contribution in [1.82, 2.24) is 29.3 Å². The highest BCUT2D eigenvalue weighted by atomic mass is 19.4. The third-order valence-electron chi connectivity index (χ3n) is 6.30. The lowest BCUT2D eigenvalue weighted by atomic mass is 9.87. The number of ether oxygens (including phenoxy) is 1. The maximum Gasteiger partial charge on any atom is 0.416 e. The number of fused-ring (bicyclic) bond motifs is 1. The number of nitrogens with zero attached hydrogens (tertiary/aromatic N) is 6. The normalized spacial score (nSPS) is 15.7. The molecule has 0 unspecified atom stereocenters. The first-order valence-corrected chi connectivity index (χ1v) is 11.6. The van der Waals surface area contributed by atoms with Crippen molar-refractivity contribution in [2.45, 2.75) is 51.2 Å². The molecule has 5 rings (SSSR count). The van der Waals surface area contributed by atoms with E-state index in [1.807, 2.05) is 29.8 Å². The number of hydrogen-bond acceptors (Lipinski definition) is 5. The second kappa shape index (κ2) is 9.36. The predicted octanol–water partition coefficient (Wildman–Crippen LogP) is 5.04. The number of aromatic nitrogens is 6. The van der Waals surface area contributed by atoms with Crippen LogP contribution in [0, 0.1) is 12.7 Å². The van der Waals surface area contributed by atoms with Crippen LogP contribution in [0.5, 0.6) is 5.88 Å². The van der Waals surface area contributed by atoms with E-state index in [4.69, 9.17) is 4.74 Å². The summed E-state index contributed by atoms with van der Waals surface area (Å²) in [5.74, 6) is 0.0149. The summed E-state index contributed by atoms with van der Waals surface area (Å²) in [7, 11) is 1.55. The van der Waals surface area contributed by atoms with E-state index in [9.17, 15) is 17.6 Å². The predicted molar refractivity (Wildman–Crippen MR) is 123 cm³/mol. The summed E-state index contributed by atoms with van der Waals surface area (Å²) in [6.45, 7) is 2.45. The second-order valence-electron chi connectivity index (χ2n) is 8.79. The van der Waals surface area contributed by atoms with Gasteiger partial charge in [0, 0.05) is 30.8 Å². The molecule has 0 radical (unpaired) electrons. The molecule has 11 heteroatoms. The van der Waals surface area contributed by atoms with Gasteiger partial charge < -0.3 is 9.30 Å². The number of hydrogen-bond donors (Lipinski definition) is 0. The van der Waals surface area contributed by atoms with Crippen molar-refractivity contribution in [3.63, 3.8) is 0 Å². The molecule has 1 aliphatic heterocycles. The number of alkyl halides is 3. The molecule has 4 heterocycles. The van der Waals surface area contributed by atoms with Gasteiger partial charge in [0.15, 0.2) is 5.82 Å². The highest BCUT2D eigenvalue weighted by Crippen LogP contribution is 2.40. The highest BCUT2D eigenvalue weighted by molar-refractivity contribution is 5.43. The van der Waals surface area contributed by atoms with Gasteiger partial charge in [0.25, 0.3) is 0 Å². The van der Waals surface area contributed by atoms with Gasteiger partial charge in [0.1, 0.15) is 17.3 Å². The van der Waals surface area contributed by atoms with Crippen molar-refractivity contribution in [2.75, 3.05) is 7.11 Å². The average molecular weight is 501 g/mol. The van der Waals surface area contributed by atoms with Crippen LogP contribution in [0.2, 0.25) is 0 Å². The molecule has 0 fully saturated rings. The van der Waals surface area contributed by atoms with Gasteiger partial charge in [0.2, 0.25) is 5.88 Å². The number of pyridine rings is 1. The maximum atomic E-state index is 13.9. The van der Waals surface area contributed by atoms with Crippen LogP contribution in [0.25, 0.3) is 5.69 Å². The van der Waals surface area contributed by atoms with Gasteiger partial charge in [-0.25, -0.2) is 24.0 Å². The van der Waals surface area contributed by atoms with E-state index in [0.717, 1.165) is 35.3 Å². The van der Waals surface area contributed by atoms with Gasteiger partial charge in [-0.1, -0.05) is 0 Å². The molecule has 0 saturated carbocycles. The summed E-state index contributed by atoms with van der Waals surface area (Å²) in [5, 5.41) is 4.53. The average Bonchev–Trinajstić information content (AvgIpc) is 3.47. The molecule has 0 aliphatic carbocycles. The number of halogens is 4. The first-order valence-electron chi connectivity index (χ1n) is 11.6. The zero-order chi connectivity index (χ0) is 25.4. The maximum absolute atomic E-state index is 13.9. The van der Waals surface area contributed by atoms with Crippen LogP contribution < -0.4 is 4.74 Å². The molecule has 1 aromatic carbocycles. The van der Waals surface area contributed by atoms with Crippen LogP contribution in [-0.2, 0) is 25.6 Å². The number of rotatable bonds is 6. The van der Waals surface area contributed by atoms with E-state index in [1.54, 1.807) is 18.1 Å². The molecule has 1 atom stereocenters. The summed E-state index contributed by atoms with van der Waals surface area (Å²) in [6.07, 6.45) is 1.01. The summed E-state index contributed by atoms with van der Waals surface area (Å²) in [6, 6.07) is 6.39. The Hall–Kier alpha value is -3.76. The molecule has 0 amide bonds. The first-order chi connectivity index (χ1) is 17.2. The minimum absolute atomic E-state index is 0.0980. The van der Waals surface area contributed by atoms with Crippen LogP contribution in [0.1, 0.15) is 52.9 Å². The monoisotopic (exact) mass is 500 g/mol. The van der Waals surface area contributed by atoms with E-state index in [1.165, 1.54) is 0 Å². The van der Waals surface area contributed by atoms with Gasteiger partial charge in [-0.05, 0) is 62.1 Å². The molecule has 36 heavy (non-hydrogen) atoms. The van der Waals surface area contributed by atoms with Gasteiger partial charge in [-0.15, -0.1) is 0 Å². The van der Waals surface area contributed by atoms with E-state index in [0.29, 0.717) is 49.8 Å². The molecular formula is C25H24F4N6O. The Morgan fingerprint density at radius 3 is 2.67 bits per heavy atom. The summed E-state index contributed by atoms with van der Waals surface area (Å²) < 4.78 is 63.8. The molecule has 7 nitrogen and oxygen atoms in total. The SMILES string of the molecule is COc1nc(CCc2nc3n(n2)CCC[C@H]3c2cc(F)ccc2C(F)(F)F)ccc1-n1cnc(C)c1. The molecule has 4 aromatic rings. The quantitative estimate of drug-likeness (QED) is 0.347. The van der Waals surface area contributed by atoms with Crippen LogP contribution in [0.3, 0.4) is 0 Å². The summed E-state index contributed by atoms with van der Waals surface area (Å²) in [4.78, 5) is 13.4. The lowest BCUT2D eigenvalue weighted by Gasteiger charge is -2.25. The van der Waals surface area contributed by atoms with Crippen molar-refractivity contribution >= 4 is 0 Å². The van der Waals surface area contributed by atoms with E-state index in [-0.39, 0.29) is 5.56 Å². The molecule has 1 aliphatic rings. The smallest absolute Gasteiger partial charge is 0.416 e. The summed E-state index contributed by atoms with van der Waals surface area (Å²) >= 11 is 0. The Kier molecular flexibility index (Phi) is 6.23. The van der Waals surface area contributed by atoms with Gasteiger partial charge in [-0.3, -0.25) is 0 Å². The van der Waals surface area contributed by atoms with Crippen LogP contribution >= 0.6 is 0 Å². The molecule has 3 aromatic heterocycles. The van der Waals surface area contributed by atoms with E-state index < -0.39 is 23.5 Å².